The third-order valence-electron chi connectivity index (χ3n) is 6.78. The number of carbonyl (C=O) groups excluding carboxylic acids is 1. The van der Waals surface area contributed by atoms with E-state index in [1.807, 2.05) is 23.1 Å². The monoisotopic (exact) mass is 411 g/mol. The Kier molecular flexibility index (Phi) is 6.42. The molecule has 1 aromatic carbocycles. The summed E-state index contributed by atoms with van der Waals surface area (Å²) in [6.07, 6.45) is 8.36. The van der Waals surface area contributed by atoms with Crippen molar-refractivity contribution in [2.24, 2.45) is 5.41 Å². The number of amides is 1. The van der Waals surface area contributed by atoms with Crippen molar-refractivity contribution in [2.45, 2.75) is 57.8 Å². The molecule has 2 N–H and O–H groups in total. The minimum absolute atomic E-state index is 0.0842. The Morgan fingerprint density at radius 2 is 2.17 bits per heavy atom. The first-order chi connectivity index (χ1) is 14.6. The van der Waals surface area contributed by atoms with E-state index in [4.69, 9.17) is 4.74 Å². The van der Waals surface area contributed by atoms with Crippen LogP contribution in [0.1, 0.15) is 54.6 Å². The molecule has 0 radical (unpaired) electrons. The topological polar surface area (TPSA) is 78.5 Å². The Morgan fingerprint density at radius 3 is 3.00 bits per heavy atom. The summed E-state index contributed by atoms with van der Waals surface area (Å²) in [6.45, 7) is 1.47. The summed E-state index contributed by atoms with van der Waals surface area (Å²) in [5, 5.41) is 17.9. The number of methoxy groups -OCH3 is 1. The first-order valence-electron chi connectivity index (χ1n) is 11.2. The number of carbonyl (C=O) groups is 1. The number of hydrogen-bond acceptors (Lipinski definition) is 4. The van der Waals surface area contributed by atoms with E-state index >= 15 is 0 Å². The zero-order valence-corrected chi connectivity index (χ0v) is 18.0. The number of nitrogens with one attached hydrogen (secondary N) is 1. The molecular weight excluding hydrogens is 378 g/mol. The molecule has 1 amide bonds. The second kappa shape index (κ2) is 9.21. The van der Waals surface area contributed by atoms with Gasteiger partial charge in [-0.1, -0.05) is 12.1 Å². The molecule has 2 aliphatic rings. The number of fused-ring (bicyclic) bond motifs is 1. The van der Waals surface area contributed by atoms with Gasteiger partial charge in [0.25, 0.3) is 0 Å². The van der Waals surface area contributed by atoms with Crippen molar-refractivity contribution in [1.82, 2.24) is 15.1 Å². The maximum absolute atomic E-state index is 13.0. The van der Waals surface area contributed by atoms with Crippen molar-refractivity contribution in [3.05, 3.63) is 46.8 Å². The van der Waals surface area contributed by atoms with Crippen LogP contribution in [-0.4, -0.2) is 52.9 Å². The lowest BCUT2D eigenvalue weighted by Crippen LogP contribution is -2.49. The molecule has 0 unspecified atom stereocenters. The molecule has 4 rings (SSSR count). The molecule has 162 valence electrons. The van der Waals surface area contributed by atoms with E-state index in [9.17, 15) is 9.90 Å². The highest BCUT2D eigenvalue weighted by Crippen LogP contribution is 2.34. The fourth-order valence-electron chi connectivity index (χ4n) is 5.11. The minimum atomic E-state index is -0.286. The number of rotatable bonds is 7. The van der Waals surface area contributed by atoms with Gasteiger partial charge in [0.2, 0.25) is 5.91 Å². The van der Waals surface area contributed by atoms with Crippen LogP contribution in [0.2, 0.25) is 0 Å². The number of aliphatic hydroxyl groups is 1. The number of piperidine rings is 1. The molecule has 30 heavy (non-hydrogen) atoms. The van der Waals surface area contributed by atoms with E-state index in [0.29, 0.717) is 19.4 Å². The second-order valence-electron chi connectivity index (χ2n) is 8.94. The van der Waals surface area contributed by atoms with E-state index in [2.05, 4.69) is 16.3 Å². The minimum Gasteiger partial charge on any atom is -0.497 e. The quantitative estimate of drug-likeness (QED) is 0.734. The van der Waals surface area contributed by atoms with Crippen LogP contribution in [0.5, 0.6) is 5.75 Å². The molecule has 1 fully saturated rings. The van der Waals surface area contributed by atoms with E-state index in [1.54, 1.807) is 7.11 Å². The van der Waals surface area contributed by atoms with E-state index < -0.39 is 0 Å². The molecule has 6 heteroatoms. The van der Waals surface area contributed by atoms with Crippen molar-refractivity contribution < 1.29 is 14.6 Å². The number of H-pyrrole nitrogens is 1. The highest BCUT2D eigenvalue weighted by atomic mass is 16.5. The van der Waals surface area contributed by atoms with Crippen molar-refractivity contribution >= 4 is 5.91 Å². The number of ether oxygens (including phenoxy) is 1. The van der Waals surface area contributed by atoms with Crippen LogP contribution in [0.15, 0.2) is 24.3 Å². The first-order valence-corrected chi connectivity index (χ1v) is 11.2. The van der Waals surface area contributed by atoms with Gasteiger partial charge >= 0.3 is 0 Å². The molecule has 0 saturated carbocycles. The van der Waals surface area contributed by atoms with Crippen molar-refractivity contribution in [3.63, 3.8) is 0 Å². The number of aliphatic hydroxyl groups excluding tert-OH is 1. The van der Waals surface area contributed by atoms with Crippen molar-refractivity contribution in [2.75, 3.05) is 26.8 Å². The fraction of sp³-hybridized carbons (Fsp3) is 0.583. The summed E-state index contributed by atoms with van der Waals surface area (Å²) in [5.41, 5.74) is 4.53. The normalized spacial score (nSPS) is 21.3. The summed E-state index contributed by atoms with van der Waals surface area (Å²) in [7, 11) is 1.67. The smallest absolute Gasteiger partial charge is 0.222 e. The number of benzene rings is 1. The van der Waals surface area contributed by atoms with Crippen LogP contribution in [0, 0.1) is 5.41 Å². The Balaban J connectivity index is 1.39. The molecule has 2 heterocycles. The van der Waals surface area contributed by atoms with Crippen LogP contribution in [-0.2, 0) is 30.5 Å². The summed E-state index contributed by atoms with van der Waals surface area (Å²) in [5.74, 6) is 0.998. The van der Waals surface area contributed by atoms with Gasteiger partial charge in [0.1, 0.15) is 5.75 Å². The van der Waals surface area contributed by atoms with Crippen LogP contribution < -0.4 is 4.74 Å². The van der Waals surface area contributed by atoms with Gasteiger partial charge in [-0.3, -0.25) is 9.89 Å². The number of aromatic nitrogens is 2. The third kappa shape index (κ3) is 4.53. The Morgan fingerprint density at radius 1 is 1.30 bits per heavy atom. The van der Waals surface area contributed by atoms with Gasteiger partial charge in [-0.05, 0) is 68.2 Å². The summed E-state index contributed by atoms with van der Waals surface area (Å²) < 4.78 is 5.34. The number of nitrogens with zero attached hydrogens (tertiary/aromatic N) is 2. The lowest BCUT2D eigenvalue weighted by molar-refractivity contribution is -0.135. The Labute approximate surface area is 178 Å². The molecule has 1 saturated heterocycles. The molecule has 1 aliphatic heterocycles. The van der Waals surface area contributed by atoms with E-state index in [1.165, 1.54) is 24.1 Å². The molecular formula is C24H33N3O3. The number of hydrogen-bond donors (Lipinski definition) is 2. The number of aromatic amines is 1. The maximum atomic E-state index is 13.0. The summed E-state index contributed by atoms with van der Waals surface area (Å²) in [6, 6.07) is 8.01. The highest BCUT2D eigenvalue weighted by molar-refractivity contribution is 5.76. The number of aryl methyl sites for hydroxylation is 2. The highest BCUT2D eigenvalue weighted by Gasteiger charge is 2.37. The zero-order valence-electron chi connectivity index (χ0n) is 18.0. The summed E-state index contributed by atoms with van der Waals surface area (Å²) >= 11 is 0. The molecule has 1 atom stereocenters. The Hall–Kier alpha value is -2.34. The van der Waals surface area contributed by atoms with Crippen LogP contribution >= 0.6 is 0 Å². The van der Waals surface area contributed by atoms with Crippen LogP contribution in [0.3, 0.4) is 0 Å². The van der Waals surface area contributed by atoms with Gasteiger partial charge < -0.3 is 14.7 Å². The van der Waals surface area contributed by atoms with Gasteiger partial charge in [0, 0.05) is 37.0 Å². The lowest BCUT2D eigenvalue weighted by atomic mass is 9.75. The van der Waals surface area contributed by atoms with Gasteiger partial charge in [0.05, 0.1) is 19.4 Å². The second-order valence-corrected chi connectivity index (χ2v) is 8.94. The molecule has 0 spiro atoms. The van der Waals surface area contributed by atoms with Gasteiger partial charge in [0.15, 0.2) is 0 Å². The molecule has 1 aliphatic carbocycles. The standard InChI is InChI=1S/C24H33N3O3/c1-30-19-7-4-6-18(14-19)15-24(17-28)12-5-13-27(16-24)23(29)11-10-22-20-8-2-3-9-21(20)25-26-22/h4,6-7,14,28H,2-3,5,8-13,15-17H2,1H3,(H,25,26)/t24-/m1/s1. The van der Waals surface area contributed by atoms with Gasteiger partial charge in [-0.15, -0.1) is 0 Å². The largest absolute Gasteiger partial charge is 0.497 e. The predicted octanol–water partition coefficient (Wildman–Crippen LogP) is 3.07. The molecule has 2 aromatic rings. The average Bonchev–Trinajstić information content (AvgIpc) is 3.21. The predicted molar refractivity (Wildman–Crippen MR) is 116 cm³/mol. The number of likely N-dealkylation sites (tertiary alicyclic amines) is 1. The van der Waals surface area contributed by atoms with E-state index in [0.717, 1.165) is 55.7 Å². The summed E-state index contributed by atoms with van der Waals surface area (Å²) in [4.78, 5) is 15.0. The van der Waals surface area contributed by atoms with Crippen molar-refractivity contribution in [1.29, 1.82) is 0 Å². The lowest BCUT2D eigenvalue weighted by Gasteiger charge is -2.42. The maximum Gasteiger partial charge on any atom is 0.222 e. The van der Waals surface area contributed by atoms with E-state index in [-0.39, 0.29) is 17.9 Å². The van der Waals surface area contributed by atoms with Gasteiger partial charge in [-0.25, -0.2) is 0 Å². The fourth-order valence-corrected chi connectivity index (χ4v) is 5.11. The van der Waals surface area contributed by atoms with Crippen LogP contribution in [0.4, 0.5) is 0 Å². The molecule has 0 bridgehead atoms. The third-order valence-corrected chi connectivity index (χ3v) is 6.78. The molecule has 1 aromatic heterocycles. The molecule has 6 nitrogen and oxygen atoms in total. The van der Waals surface area contributed by atoms with Crippen LogP contribution in [0.25, 0.3) is 0 Å². The Bertz CT molecular complexity index is 878. The SMILES string of the molecule is COc1cccc(C[C@]2(CO)CCCN(C(=O)CCc3n[nH]c4c3CCCC4)C2)c1. The zero-order chi connectivity index (χ0) is 21.0. The first kappa shape index (κ1) is 20.9. The van der Waals surface area contributed by atoms with Crippen molar-refractivity contribution in [3.8, 4) is 5.75 Å². The average molecular weight is 412 g/mol. The van der Waals surface area contributed by atoms with Gasteiger partial charge in [-0.2, -0.15) is 5.10 Å².